The van der Waals surface area contributed by atoms with Crippen LogP contribution < -0.4 is 5.32 Å². The fourth-order valence-electron chi connectivity index (χ4n) is 2.25. The van der Waals surface area contributed by atoms with Gasteiger partial charge in [0.1, 0.15) is 23.2 Å². The minimum absolute atomic E-state index is 0.326. The van der Waals surface area contributed by atoms with E-state index in [1.165, 1.54) is 6.07 Å². The zero-order valence-corrected chi connectivity index (χ0v) is 9.69. The maximum atomic E-state index is 13.8. The number of halogens is 1. The van der Waals surface area contributed by atoms with Crippen molar-refractivity contribution >= 4 is 12.1 Å². The Labute approximate surface area is 103 Å². The van der Waals surface area contributed by atoms with Crippen molar-refractivity contribution in [2.75, 3.05) is 11.9 Å². The van der Waals surface area contributed by atoms with Crippen LogP contribution in [0.5, 0.6) is 0 Å². The highest BCUT2D eigenvalue weighted by Crippen LogP contribution is 2.29. The number of fused-ring (bicyclic) bond motifs is 1. The van der Waals surface area contributed by atoms with Crippen LogP contribution in [0.1, 0.15) is 16.9 Å². The molecule has 1 aliphatic rings. The predicted molar refractivity (Wildman–Crippen MR) is 66.1 cm³/mol. The molecule has 92 valence electrons. The molecule has 0 atom stereocenters. The number of nitrogens with zero attached hydrogens (tertiary/aromatic N) is 2. The molecule has 18 heavy (non-hydrogen) atoms. The number of hydrogen-bond donors (Lipinski definition) is 1. The molecule has 1 N–H and O–H groups in total. The molecule has 4 nitrogen and oxygen atoms in total. The summed E-state index contributed by atoms with van der Waals surface area (Å²) in [5.41, 5.74) is 0.767. The molecule has 0 fully saturated rings. The number of carbonyl (C=O) groups excluding carboxylic acids is 1. The number of nitrogens with one attached hydrogen (secondary N) is 1. The third-order valence-electron chi connectivity index (χ3n) is 3.07. The van der Waals surface area contributed by atoms with Crippen LogP contribution in [0.25, 0.3) is 11.4 Å². The molecule has 2 heterocycles. The van der Waals surface area contributed by atoms with E-state index in [0.29, 0.717) is 29.2 Å². The van der Waals surface area contributed by atoms with Gasteiger partial charge in [-0.2, -0.15) is 0 Å². The summed E-state index contributed by atoms with van der Waals surface area (Å²) in [6, 6.07) is 6.47. The summed E-state index contributed by atoms with van der Waals surface area (Å²) < 4.78 is 15.7. The van der Waals surface area contributed by atoms with E-state index in [0.717, 1.165) is 19.5 Å². The van der Waals surface area contributed by atoms with Gasteiger partial charge in [0.2, 0.25) is 0 Å². The standard InChI is InChI=1S/C13H12FN3O/c14-10-5-2-1-4-9(10)12-16-11(8-18)13-15-6-3-7-17(12)13/h1-2,4-5,8,15H,3,6-7H2. The van der Waals surface area contributed by atoms with Crippen molar-refractivity contribution in [3.63, 3.8) is 0 Å². The molecule has 0 radical (unpaired) electrons. The molecule has 0 spiro atoms. The summed E-state index contributed by atoms with van der Waals surface area (Å²) >= 11 is 0. The van der Waals surface area contributed by atoms with E-state index in [1.54, 1.807) is 18.2 Å². The van der Waals surface area contributed by atoms with Crippen LogP contribution in [-0.4, -0.2) is 22.4 Å². The number of aldehydes is 1. The minimum atomic E-state index is -0.326. The number of anilines is 1. The summed E-state index contributed by atoms with van der Waals surface area (Å²) in [6.07, 6.45) is 1.64. The Balaban J connectivity index is 2.21. The molecule has 1 aromatic carbocycles. The molecule has 1 aromatic heterocycles. The van der Waals surface area contributed by atoms with Gasteiger partial charge < -0.3 is 9.88 Å². The Morgan fingerprint density at radius 3 is 3.00 bits per heavy atom. The monoisotopic (exact) mass is 245 g/mol. The van der Waals surface area contributed by atoms with Crippen molar-refractivity contribution < 1.29 is 9.18 Å². The van der Waals surface area contributed by atoms with Crippen molar-refractivity contribution in [1.29, 1.82) is 0 Å². The predicted octanol–water partition coefficient (Wildman–Crippen LogP) is 2.32. The molecule has 0 unspecified atom stereocenters. The summed E-state index contributed by atoms with van der Waals surface area (Å²) in [5, 5.41) is 3.14. The molecule has 3 rings (SSSR count). The van der Waals surface area contributed by atoms with Crippen molar-refractivity contribution in [3.8, 4) is 11.4 Å². The summed E-state index contributed by atoms with van der Waals surface area (Å²) in [5.74, 6) is 0.875. The summed E-state index contributed by atoms with van der Waals surface area (Å²) in [4.78, 5) is 15.2. The highest BCUT2D eigenvalue weighted by Gasteiger charge is 2.21. The molecule has 0 saturated heterocycles. The van der Waals surface area contributed by atoms with E-state index in [2.05, 4.69) is 10.3 Å². The van der Waals surface area contributed by atoms with Crippen LogP contribution in [0.3, 0.4) is 0 Å². The maximum absolute atomic E-state index is 13.8. The second kappa shape index (κ2) is 4.25. The topological polar surface area (TPSA) is 46.9 Å². The van der Waals surface area contributed by atoms with Gasteiger partial charge in [0, 0.05) is 13.1 Å². The molecule has 5 heteroatoms. The van der Waals surface area contributed by atoms with Gasteiger partial charge in [0.25, 0.3) is 0 Å². The van der Waals surface area contributed by atoms with E-state index < -0.39 is 0 Å². The molecule has 1 aliphatic heterocycles. The maximum Gasteiger partial charge on any atom is 0.172 e. The first-order valence-electron chi connectivity index (χ1n) is 5.85. The third-order valence-corrected chi connectivity index (χ3v) is 3.07. The first-order valence-corrected chi connectivity index (χ1v) is 5.85. The SMILES string of the molecule is O=Cc1nc(-c2ccccc2F)n2c1NCCC2. The van der Waals surface area contributed by atoms with Crippen molar-refractivity contribution in [2.24, 2.45) is 0 Å². The van der Waals surface area contributed by atoms with Gasteiger partial charge >= 0.3 is 0 Å². The van der Waals surface area contributed by atoms with E-state index in [4.69, 9.17) is 0 Å². The van der Waals surface area contributed by atoms with Gasteiger partial charge in [-0.1, -0.05) is 12.1 Å². The van der Waals surface area contributed by atoms with Crippen LogP contribution >= 0.6 is 0 Å². The van der Waals surface area contributed by atoms with Gasteiger partial charge in [0.05, 0.1) is 5.56 Å². The highest BCUT2D eigenvalue weighted by molar-refractivity contribution is 5.83. The van der Waals surface area contributed by atoms with Crippen molar-refractivity contribution in [3.05, 3.63) is 35.8 Å². The molecule has 0 saturated carbocycles. The van der Waals surface area contributed by atoms with Crippen molar-refractivity contribution in [2.45, 2.75) is 13.0 Å². The van der Waals surface area contributed by atoms with Crippen LogP contribution in [-0.2, 0) is 6.54 Å². The molecule has 2 aromatic rings. The minimum Gasteiger partial charge on any atom is -0.369 e. The molecule has 0 amide bonds. The largest absolute Gasteiger partial charge is 0.369 e. The van der Waals surface area contributed by atoms with Crippen LogP contribution in [0.2, 0.25) is 0 Å². The fraction of sp³-hybridized carbons (Fsp3) is 0.231. The zero-order valence-electron chi connectivity index (χ0n) is 9.69. The first-order chi connectivity index (χ1) is 8.81. The van der Waals surface area contributed by atoms with Gasteiger partial charge in [-0.3, -0.25) is 4.79 Å². The van der Waals surface area contributed by atoms with E-state index in [-0.39, 0.29) is 5.82 Å². The Morgan fingerprint density at radius 1 is 1.39 bits per heavy atom. The average Bonchev–Trinajstić information content (AvgIpc) is 2.78. The van der Waals surface area contributed by atoms with E-state index >= 15 is 0 Å². The summed E-state index contributed by atoms with van der Waals surface area (Å²) in [7, 11) is 0. The molecule has 0 aliphatic carbocycles. The number of imidazole rings is 1. The Bertz CT molecular complexity index is 606. The molecular formula is C13H12FN3O. The van der Waals surface area contributed by atoms with E-state index in [1.807, 2.05) is 4.57 Å². The lowest BCUT2D eigenvalue weighted by molar-refractivity contribution is 0.112. The van der Waals surface area contributed by atoms with Gasteiger partial charge in [-0.25, -0.2) is 9.37 Å². The first kappa shape index (κ1) is 11.0. The lowest BCUT2D eigenvalue weighted by atomic mass is 10.2. The Morgan fingerprint density at radius 2 is 2.22 bits per heavy atom. The average molecular weight is 245 g/mol. The number of aromatic nitrogens is 2. The number of rotatable bonds is 2. The van der Waals surface area contributed by atoms with E-state index in [9.17, 15) is 9.18 Å². The lowest BCUT2D eigenvalue weighted by Crippen LogP contribution is -2.18. The number of carbonyl (C=O) groups is 1. The van der Waals surface area contributed by atoms with Crippen LogP contribution in [0.4, 0.5) is 10.2 Å². The Hall–Kier alpha value is -2.17. The zero-order chi connectivity index (χ0) is 12.5. The van der Waals surface area contributed by atoms with Crippen LogP contribution in [0, 0.1) is 5.82 Å². The number of hydrogen-bond acceptors (Lipinski definition) is 3. The Kier molecular flexibility index (Phi) is 2.59. The number of benzene rings is 1. The molecule has 0 bridgehead atoms. The van der Waals surface area contributed by atoms with Crippen LogP contribution in [0.15, 0.2) is 24.3 Å². The highest BCUT2D eigenvalue weighted by atomic mass is 19.1. The van der Waals surface area contributed by atoms with Crippen molar-refractivity contribution in [1.82, 2.24) is 9.55 Å². The van der Waals surface area contributed by atoms with Gasteiger partial charge in [0.15, 0.2) is 6.29 Å². The second-order valence-electron chi connectivity index (χ2n) is 4.20. The normalized spacial score (nSPS) is 13.8. The molecular weight excluding hydrogens is 233 g/mol. The van der Waals surface area contributed by atoms with Gasteiger partial charge in [-0.15, -0.1) is 0 Å². The lowest BCUT2D eigenvalue weighted by Gasteiger charge is -2.18. The second-order valence-corrected chi connectivity index (χ2v) is 4.20. The third kappa shape index (κ3) is 1.59. The smallest absolute Gasteiger partial charge is 0.172 e. The fourth-order valence-corrected chi connectivity index (χ4v) is 2.25. The van der Waals surface area contributed by atoms with Gasteiger partial charge in [-0.05, 0) is 18.6 Å². The summed E-state index contributed by atoms with van der Waals surface area (Å²) in [6.45, 7) is 1.55. The quantitative estimate of drug-likeness (QED) is 0.826.